The van der Waals surface area contributed by atoms with E-state index >= 15 is 0 Å². The van der Waals surface area contributed by atoms with Crippen molar-refractivity contribution in [2.45, 2.75) is 44.6 Å². The Balaban J connectivity index is 1.77. The first-order valence-electron chi connectivity index (χ1n) is 6.82. The number of carbonyl (C=O) groups is 1. The molecule has 2 fully saturated rings. The van der Waals surface area contributed by atoms with Crippen LogP contribution in [0.5, 0.6) is 0 Å². The zero-order valence-corrected chi connectivity index (χ0v) is 11.3. The molecule has 1 N–H and O–H groups in total. The van der Waals surface area contributed by atoms with Gasteiger partial charge in [0.05, 0.1) is 0 Å². The van der Waals surface area contributed by atoms with Crippen LogP contribution in [0.3, 0.4) is 0 Å². The summed E-state index contributed by atoms with van der Waals surface area (Å²) < 4.78 is 0. The van der Waals surface area contributed by atoms with E-state index in [2.05, 4.69) is 0 Å². The monoisotopic (exact) mass is 257 g/mol. The van der Waals surface area contributed by atoms with Gasteiger partial charge < -0.3 is 10.0 Å². The molecule has 0 unspecified atom stereocenters. The lowest BCUT2D eigenvalue weighted by Gasteiger charge is -2.30. The molecule has 0 aromatic rings. The lowest BCUT2D eigenvalue weighted by molar-refractivity contribution is -0.140. The largest absolute Gasteiger partial charge is 0.383 e. The molecule has 2 rings (SSSR count). The standard InChI is InChI=1S/C13H23NO2S/c15-12(10-11-4-2-1-3-5-11)13(16)14-6-8-17-9-7-14/h11-12,15H,1-10H2/t12-/m0/s1. The maximum absolute atomic E-state index is 12.0. The fraction of sp³-hybridized carbons (Fsp3) is 0.923. The van der Waals surface area contributed by atoms with E-state index in [1.54, 1.807) is 0 Å². The van der Waals surface area contributed by atoms with Crippen molar-refractivity contribution in [2.75, 3.05) is 24.6 Å². The van der Waals surface area contributed by atoms with Gasteiger partial charge in [0.15, 0.2) is 0 Å². The first-order chi connectivity index (χ1) is 8.27. The van der Waals surface area contributed by atoms with Gasteiger partial charge in [0, 0.05) is 24.6 Å². The number of rotatable bonds is 3. The Kier molecular flexibility index (Phi) is 5.16. The summed E-state index contributed by atoms with van der Waals surface area (Å²) in [6, 6.07) is 0. The zero-order valence-electron chi connectivity index (χ0n) is 10.4. The Morgan fingerprint density at radius 3 is 2.53 bits per heavy atom. The molecule has 17 heavy (non-hydrogen) atoms. The molecule has 2 aliphatic rings. The number of aliphatic hydroxyl groups is 1. The number of aliphatic hydroxyl groups excluding tert-OH is 1. The molecule has 1 aliphatic carbocycles. The van der Waals surface area contributed by atoms with Crippen LogP contribution in [0.25, 0.3) is 0 Å². The second-order valence-corrected chi connectivity index (χ2v) is 6.42. The summed E-state index contributed by atoms with van der Waals surface area (Å²) >= 11 is 1.89. The average Bonchev–Trinajstić information content (AvgIpc) is 2.40. The minimum atomic E-state index is -0.749. The number of nitrogens with zero attached hydrogens (tertiary/aromatic N) is 1. The van der Waals surface area contributed by atoms with Crippen molar-refractivity contribution < 1.29 is 9.90 Å². The molecular formula is C13H23NO2S. The zero-order chi connectivity index (χ0) is 12.1. The second kappa shape index (κ2) is 6.64. The minimum absolute atomic E-state index is 0.0316. The Bertz CT molecular complexity index is 248. The molecule has 1 heterocycles. The van der Waals surface area contributed by atoms with E-state index in [4.69, 9.17) is 0 Å². The summed E-state index contributed by atoms with van der Waals surface area (Å²) in [4.78, 5) is 13.9. The van der Waals surface area contributed by atoms with E-state index in [0.29, 0.717) is 12.3 Å². The van der Waals surface area contributed by atoms with Crippen molar-refractivity contribution in [2.24, 2.45) is 5.92 Å². The van der Waals surface area contributed by atoms with Crippen LogP contribution in [-0.4, -0.2) is 46.6 Å². The van der Waals surface area contributed by atoms with Crippen molar-refractivity contribution in [1.82, 2.24) is 4.90 Å². The number of hydrogen-bond donors (Lipinski definition) is 1. The molecule has 0 radical (unpaired) electrons. The molecule has 0 bridgehead atoms. The minimum Gasteiger partial charge on any atom is -0.383 e. The first-order valence-corrected chi connectivity index (χ1v) is 7.97. The van der Waals surface area contributed by atoms with E-state index in [9.17, 15) is 9.90 Å². The number of thioether (sulfide) groups is 1. The molecular weight excluding hydrogens is 234 g/mol. The van der Waals surface area contributed by atoms with Crippen LogP contribution in [0.2, 0.25) is 0 Å². The van der Waals surface area contributed by atoms with Crippen molar-refractivity contribution in [3.8, 4) is 0 Å². The summed E-state index contributed by atoms with van der Waals surface area (Å²) in [5.41, 5.74) is 0. The van der Waals surface area contributed by atoms with Crippen LogP contribution in [-0.2, 0) is 4.79 Å². The van der Waals surface area contributed by atoms with Gasteiger partial charge in [-0.15, -0.1) is 0 Å². The Morgan fingerprint density at radius 2 is 1.88 bits per heavy atom. The van der Waals surface area contributed by atoms with Crippen LogP contribution < -0.4 is 0 Å². The van der Waals surface area contributed by atoms with E-state index in [1.165, 1.54) is 32.1 Å². The van der Waals surface area contributed by atoms with Crippen molar-refractivity contribution in [3.05, 3.63) is 0 Å². The van der Waals surface area contributed by atoms with E-state index in [1.807, 2.05) is 16.7 Å². The van der Waals surface area contributed by atoms with Gasteiger partial charge in [-0.25, -0.2) is 0 Å². The van der Waals surface area contributed by atoms with Crippen molar-refractivity contribution in [3.63, 3.8) is 0 Å². The van der Waals surface area contributed by atoms with Crippen LogP contribution in [0.1, 0.15) is 38.5 Å². The fourth-order valence-corrected chi connectivity index (χ4v) is 3.74. The van der Waals surface area contributed by atoms with Gasteiger partial charge in [0.1, 0.15) is 6.10 Å². The van der Waals surface area contributed by atoms with Gasteiger partial charge in [-0.2, -0.15) is 11.8 Å². The lowest BCUT2D eigenvalue weighted by atomic mass is 9.85. The van der Waals surface area contributed by atoms with Crippen LogP contribution in [0.15, 0.2) is 0 Å². The quantitative estimate of drug-likeness (QED) is 0.839. The van der Waals surface area contributed by atoms with Crippen LogP contribution in [0.4, 0.5) is 0 Å². The molecule has 0 aromatic carbocycles. The average molecular weight is 257 g/mol. The number of carbonyl (C=O) groups excluding carboxylic acids is 1. The first kappa shape index (κ1) is 13.2. The van der Waals surface area contributed by atoms with E-state index in [0.717, 1.165) is 24.6 Å². The highest BCUT2D eigenvalue weighted by molar-refractivity contribution is 7.99. The molecule has 98 valence electrons. The van der Waals surface area contributed by atoms with E-state index < -0.39 is 6.10 Å². The molecule has 1 aliphatic heterocycles. The molecule has 0 aromatic heterocycles. The molecule has 4 heteroatoms. The normalized spacial score (nSPS) is 24.6. The maximum atomic E-state index is 12.0. The third-order valence-corrected chi connectivity index (χ3v) is 4.83. The van der Waals surface area contributed by atoms with E-state index in [-0.39, 0.29) is 5.91 Å². The molecule has 0 spiro atoms. The van der Waals surface area contributed by atoms with Crippen LogP contribution in [0, 0.1) is 5.92 Å². The Hall–Kier alpha value is -0.220. The second-order valence-electron chi connectivity index (χ2n) is 5.19. The maximum Gasteiger partial charge on any atom is 0.251 e. The summed E-state index contributed by atoms with van der Waals surface area (Å²) in [7, 11) is 0. The highest BCUT2D eigenvalue weighted by atomic mass is 32.2. The predicted molar refractivity (Wildman–Crippen MR) is 71.1 cm³/mol. The topological polar surface area (TPSA) is 40.5 Å². The molecule has 1 saturated heterocycles. The molecule has 1 saturated carbocycles. The van der Waals surface area contributed by atoms with Gasteiger partial charge >= 0.3 is 0 Å². The van der Waals surface area contributed by atoms with Crippen molar-refractivity contribution in [1.29, 1.82) is 0 Å². The molecule has 1 atom stereocenters. The number of hydrogen-bond acceptors (Lipinski definition) is 3. The van der Waals surface area contributed by atoms with Gasteiger partial charge in [0.25, 0.3) is 5.91 Å². The van der Waals surface area contributed by atoms with Gasteiger partial charge in [-0.05, 0) is 12.3 Å². The highest BCUT2D eigenvalue weighted by Crippen LogP contribution is 2.27. The highest BCUT2D eigenvalue weighted by Gasteiger charge is 2.26. The Labute approximate surface area is 108 Å². The molecule has 1 amide bonds. The van der Waals surface area contributed by atoms with Gasteiger partial charge in [0.2, 0.25) is 0 Å². The fourth-order valence-electron chi connectivity index (χ4n) is 2.83. The predicted octanol–water partition coefficient (Wildman–Crippen LogP) is 1.89. The summed E-state index contributed by atoms with van der Waals surface area (Å²) in [5.74, 6) is 2.57. The summed E-state index contributed by atoms with van der Waals surface area (Å²) in [6.45, 7) is 1.62. The van der Waals surface area contributed by atoms with Crippen molar-refractivity contribution >= 4 is 17.7 Å². The molecule has 3 nitrogen and oxygen atoms in total. The third-order valence-electron chi connectivity index (χ3n) is 3.89. The lowest BCUT2D eigenvalue weighted by Crippen LogP contribution is -2.44. The smallest absolute Gasteiger partial charge is 0.251 e. The van der Waals surface area contributed by atoms with Crippen LogP contribution >= 0.6 is 11.8 Å². The van der Waals surface area contributed by atoms with Gasteiger partial charge in [-0.3, -0.25) is 4.79 Å². The van der Waals surface area contributed by atoms with Gasteiger partial charge in [-0.1, -0.05) is 32.1 Å². The number of amides is 1. The third kappa shape index (κ3) is 3.88. The summed E-state index contributed by atoms with van der Waals surface area (Å²) in [5, 5.41) is 10.0. The summed E-state index contributed by atoms with van der Waals surface area (Å²) in [6.07, 6.45) is 6.19. The SMILES string of the molecule is O=C([C@@H](O)CC1CCCCC1)N1CCSCC1. The Morgan fingerprint density at radius 1 is 1.24 bits per heavy atom.